The van der Waals surface area contributed by atoms with Crippen LogP contribution in [0.3, 0.4) is 0 Å². The Kier molecular flexibility index (Phi) is 6.33. The van der Waals surface area contributed by atoms with E-state index in [1.54, 1.807) is 42.5 Å². The Hall–Kier alpha value is -2.84. The van der Waals surface area contributed by atoms with Crippen molar-refractivity contribution < 1.29 is 18.7 Å². The third-order valence-corrected chi connectivity index (χ3v) is 4.49. The van der Waals surface area contributed by atoms with E-state index in [0.717, 1.165) is 4.47 Å². The second kappa shape index (κ2) is 8.90. The lowest BCUT2D eigenvalue weighted by Crippen LogP contribution is -2.51. The second-order valence-electron chi connectivity index (χ2n) is 5.74. The van der Waals surface area contributed by atoms with Crippen molar-refractivity contribution in [1.29, 1.82) is 0 Å². The summed E-state index contributed by atoms with van der Waals surface area (Å²) in [6.45, 7) is 0.0679. The van der Waals surface area contributed by atoms with Crippen LogP contribution in [0.1, 0.15) is 11.1 Å². The Bertz CT molecular complexity index is 998. The Morgan fingerprint density at radius 2 is 1.82 bits per heavy atom. The summed E-state index contributed by atoms with van der Waals surface area (Å²) < 4.78 is 20.3. The molecule has 2 N–H and O–H groups in total. The van der Waals surface area contributed by atoms with E-state index in [2.05, 4.69) is 26.6 Å². The third-order valence-electron chi connectivity index (χ3n) is 3.79. The van der Waals surface area contributed by atoms with Crippen molar-refractivity contribution in [2.24, 2.45) is 0 Å². The summed E-state index contributed by atoms with van der Waals surface area (Å²) in [4.78, 5) is 23.7. The van der Waals surface area contributed by atoms with E-state index >= 15 is 0 Å². The summed E-state index contributed by atoms with van der Waals surface area (Å²) in [6.07, 6.45) is 4.62. The van der Waals surface area contributed by atoms with E-state index in [0.29, 0.717) is 16.9 Å². The largest absolute Gasteiger partial charge is 0.488 e. The van der Waals surface area contributed by atoms with Gasteiger partial charge in [0.05, 0.1) is 0 Å². The Labute approximate surface area is 174 Å². The summed E-state index contributed by atoms with van der Waals surface area (Å²) in [6, 6.07) is 11.7. The highest BCUT2D eigenvalue weighted by molar-refractivity contribution is 9.10. The van der Waals surface area contributed by atoms with Crippen LogP contribution in [0.15, 0.2) is 64.7 Å². The summed E-state index contributed by atoms with van der Waals surface area (Å²) in [7, 11) is 0. The Morgan fingerprint density at radius 1 is 1.11 bits per heavy atom. The maximum atomic E-state index is 13.8. The van der Waals surface area contributed by atoms with Crippen LogP contribution in [-0.4, -0.2) is 16.9 Å². The molecule has 2 amide bonds. The molecule has 28 heavy (non-hydrogen) atoms. The van der Waals surface area contributed by atoms with E-state index in [4.69, 9.17) is 17.0 Å². The van der Waals surface area contributed by atoms with Crippen LogP contribution in [0.25, 0.3) is 6.08 Å². The SMILES string of the molecule is O=C1NC(=S)NC(=O)C1=CC=Cc1cc(Br)ccc1OCc1ccccc1F. The van der Waals surface area contributed by atoms with E-state index in [1.165, 1.54) is 12.1 Å². The van der Waals surface area contributed by atoms with Gasteiger partial charge >= 0.3 is 0 Å². The smallest absolute Gasteiger partial charge is 0.263 e. The Balaban J connectivity index is 1.79. The zero-order valence-corrected chi connectivity index (χ0v) is 16.8. The average molecular weight is 461 g/mol. The van der Waals surface area contributed by atoms with Gasteiger partial charge in [-0.2, -0.15) is 0 Å². The number of halogens is 2. The number of thiocarbonyl (C=S) groups is 1. The van der Waals surface area contributed by atoms with Crippen LogP contribution >= 0.6 is 28.1 Å². The van der Waals surface area contributed by atoms with E-state index < -0.39 is 11.8 Å². The molecule has 0 atom stereocenters. The molecule has 8 heteroatoms. The van der Waals surface area contributed by atoms with Gasteiger partial charge < -0.3 is 4.74 Å². The van der Waals surface area contributed by atoms with Crippen molar-refractivity contribution >= 4 is 51.2 Å². The zero-order valence-electron chi connectivity index (χ0n) is 14.4. The molecule has 0 unspecified atom stereocenters. The zero-order chi connectivity index (χ0) is 20.1. The van der Waals surface area contributed by atoms with Crippen molar-refractivity contribution in [3.8, 4) is 5.75 Å². The molecule has 0 bridgehead atoms. The van der Waals surface area contributed by atoms with Gasteiger partial charge in [-0.1, -0.05) is 46.3 Å². The fourth-order valence-electron chi connectivity index (χ4n) is 2.43. The van der Waals surface area contributed by atoms with E-state index in [-0.39, 0.29) is 23.1 Å². The number of nitrogens with one attached hydrogen (secondary N) is 2. The third kappa shape index (κ3) is 4.90. The van der Waals surface area contributed by atoms with E-state index in [9.17, 15) is 14.0 Å². The molecule has 0 aliphatic carbocycles. The molecule has 2 aromatic carbocycles. The van der Waals surface area contributed by atoms with Gasteiger partial charge in [0.25, 0.3) is 11.8 Å². The minimum Gasteiger partial charge on any atom is -0.488 e. The van der Waals surface area contributed by atoms with Crippen LogP contribution in [-0.2, 0) is 16.2 Å². The quantitative estimate of drug-likeness (QED) is 0.406. The van der Waals surface area contributed by atoms with Crippen LogP contribution in [0.2, 0.25) is 0 Å². The number of carbonyl (C=O) groups is 2. The maximum Gasteiger partial charge on any atom is 0.263 e. The minimum atomic E-state index is -0.566. The van der Waals surface area contributed by atoms with Crippen molar-refractivity contribution in [1.82, 2.24) is 10.6 Å². The number of amides is 2. The molecule has 0 saturated carbocycles. The lowest BCUT2D eigenvalue weighted by molar-refractivity contribution is -0.123. The molecule has 2 aromatic rings. The van der Waals surface area contributed by atoms with Gasteiger partial charge in [0.1, 0.15) is 23.7 Å². The van der Waals surface area contributed by atoms with Gasteiger partial charge in [0.15, 0.2) is 5.11 Å². The number of benzene rings is 2. The first-order valence-electron chi connectivity index (χ1n) is 8.15. The highest BCUT2D eigenvalue weighted by Gasteiger charge is 2.24. The number of allylic oxidation sites excluding steroid dienone is 2. The molecule has 0 spiro atoms. The van der Waals surface area contributed by atoms with E-state index in [1.807, 2.05) is 6.07 Å². The van der Waals surface area contributed by atoms with Crippen molar-refractivity contribution in [3.63, 3.8) is 0 Å². The molecule has 5 nitrogen and oxygen atoms in total. The standard InChI is InChI=1S/C20H14BrFN2O3S/c21-14-8-9-17(27-11-13-4-1-2-7-16(13)22)12(10-14)5-3-6-15-18(25)23-20(28)24-19(15)26/h1-10H,11H2,(H2,23,24,25,26,28). The fourth-order valence-corrected chi connectivity index (χ4v) is 2.99. The number of ether oxygens (including phenoxy) is 1. The van der Waals surface area contributed by atoms with Crippen LogP contribution in [0.5, 0.6) is 5.75 Å². The first-order valence-corrected chi connectivity index (χ1v) is 9.35. The number of hydrogen-bond donors (Lipinski definition) is 2. The first kappa shape index (κ1) is 19.9. The number of carbonyl (C=O) groups excluding carboxylic acids is 2. The van der Waals surface area contributed by atoms with Gasteiger partial charge in [-0.05, 0) is 42.6 Å². The lowest BCUT2D eigenvalue weighted by Gasteiger charge is -2.15. The number of rotatable bonds is 5. The molecule has 3 rings (SSSR count). The molecule has 142 valence electrons. The van der Waals surface area contributed by atoms with Gasteiger partial charge in [-0.3, -0.25) is 20.2 Å². The van der Waals surface area contributed by atoms with Gasteiger partial charge in [-0.25, -0.2) is 4.39 Å². The predicted molar refractivity (Wildman–Crippen MR) is 111 cm³/mol. The molecule has 1 fully saturated rings. The van der Waals surface area contributed by atoms with Crippen LogP contribution in [0.4, 0.5) is 4.39 Å². The van der Waals surface area contributed by atoms with Crippen LogP contribution in [0, 0.1) is 5.82 Å². The highest BCUT2D eigenvalue weighted by atomic mass is 79.9. The van der Waals surface area contributed by atoms with Crippen molar-refractivity contribution in [2.75, 3.05) is 0 Å². The lowest BCUT2D eigenvalue weighted by atomic mass is 10.1. The fraction of sp³-hybridized carbons (Fsp3) is 0.0500. The topological polar surface area (TPSA) is 67.4 Å². The monoisotopic (exact) mass is 460 g/mol. The summed E-state index contributed by atoms with van der Waals surface area (Å²) >= 11 is 8.14. The van der Waals surface area contributed by atoms with Gasteiger partial charge in [-0.15, -0.1) is 0 Å². The average Bonchev–Trinajstić information content (AvgIpc) is 2.64. The normalized spacial score (nSPS) is 14.1. The molecule has 0 radical (unpaired) electrons. The minimum absolute atomic E-state index is 0.0213. The van der Waals surface area contributed by atoms with Gasteiger partial charge in [0.2, 0.25) is 0 Å². The molecular weight excluding hydrogens is 447 g/mol. The Morgan fingerprint density at radius 3 is 2.54 bits per heavy atom. The molecule has 1 aliphatic heterocycles. The summed E-state index contributed by atoms with van der Waals surface area (Å²) in [5, 5.41) is 4.71. The number of hydrogen-bond acceptors (Lipinski definition) is 4. The van der Waals surface area contributed by atoms with Crippen LogP contribution < -0.4 is 15.4 Å². The molecular formula is C20H14BrFN2O3S. The second-order valence-corrected chi connectivity index (χ2v) is 7.06. The van der Waals surface area contributed by atoms with Crippen molar-refractivity contribution in [3.05, 3.63) is 81.6 Å². The van der Waals surface area contributed by atoms with Gasteiger partial charge in [0, 0.05) is 15.6 Å². The molecule has 1 heterocycles. The summed E-state index contributed by atoms with van der Waals surface area (Å²) in [5.74, 6) is -0.944. The molecule has 1 aliphatic rings. The first-order chi connectivity index (χ1) is 13.4. The summed E-state index contributed by atoms with van der Waals surface area (Å²) in [5.41, 5.74) is 1.07. The molecule has 1 saturated heterocycles. The molecule has 0 aromatic heterocycles. The highest BCUT2D eigenvalue weighted by Crippen LogP contribution is 2.26. The predicted octanol–water partition coefficient (Wildman–Crippen LogP) is 3.64. The maximum absolute atomic E-state index is 13.8. The van der Waals surface area contributed by atoms with Crippen molar-refractivity contribution in [2.45, 2.75) is 6.61 Å².